The summed E-state index contributed by atoms with van der Waals surface area (Å²) in [5.41, 5.74) is -2.27. The van der Waals surface area contributed by atoms with Crippen LogP contribution in [0.3, 0.4) is 0 Å². The maximum atomic E-state index is 11.8. The summed E-state index contributed by atoms with van der Waals surface area (Å²) in [5.74, 6) is -0.183. The molecule has 9 nitrogen and oxygen atoms in total. The van der Waals surface area contributed by atoms with E-state index in [-0.39, 0.29) is 17.8 Å². The summed E-state index contributed by atoms with van der Waals surface area (Å²) in [6, 6.07) is 0. The van der Waals surface area contributed by atoms with Gasteiger partial charge in [-0.25, -0.2) is 0 Å². The molecule has 0 aromatic carbocycles. The van der Waals surface area contributed by atoms with Crippen molar-refractivity contribution < 1.29 is 44.9 Å². The molecule has 0 aromatic rings. The highest BCUT2D eigenvalue weighted by atomic mass is 16.7. The Balaban J connectivity index is 2.15. The van der Waals surface area contributed by atoms with E-state index < -0.39 is 61.0 Å². The minimum atomic E-state index is -1.58. The number of carbonyl (C=O) groups is 1. The zero-order valence-electron chi connectivity index (χ0n) is 16.2. The van der Waals surface area contributed by atoms with Gasteiger partial charge in [0, 0.05) is 11.8 Å². The largest absolute Gasteiger partial charge is 0.394 e. The number of aliphatic hydroxyl groups excluding tert-OH is 5. The first-order chi connectivity index (χ1) is 13.0. The van der Waals surface area contributed by atoms with Gasteiger partial charge in [-0.15, -0.1) is 0 Å². The van der Waals surface area contributed by atoms with Crippen molar-refractivity contribution in [1.29, 1.82) is 0 Å². The van der Waals surface area contributed by atoms with Crippen molar-refractivity contribution in [3.63, 3.8) is 0 Å². The zero-order chi connectivity index (χ0) is 21.3. The van der Waals surface area contributed by atoms with Crippen molar-refractivity contribution in [2.45, 2.75) is 69.6 Å². The van der Waals surface area contributed by atoms with Crippen LogP contribution in [0.15, 0.2) is 23.8 Å². The zero-order valence-corrected chi connectivity index (χ0v) is 16.2. The van der Waals surface area contributed by atoms with E-state index in [0.29, 0.717) is 0 Å². The molecule has 2 aliphatic rings. The van der Waals surface area contributed by atoms with Gasteiger partial charge in [-0.2, -0.15) is 0 Å². The summed E-state index contributed by atoms with van der Waals surface area (Å²) < 4.78 is 10.8. The van der Waals surface area contributed by atoms with Crippen LogP contribution in [0.1, 0.15) is 27.2 Å². The highest BCUT2D eigenvalue weighted by Crippen LogP contribution is 2.44. The third-order valence-corrected chi connectivity index (χ3v) is 5.45. The lowest BCUT2D eigenvalue weighted by Crippen LogP contribution is -2.59. The lowest BCUT2D eigenvalue weighted by molar-refractivity contribution is -0.306. The third kappa shape index (κ3) is 4.37. The monoisotopic (exact) mass is 402 g/mol. The summed E-state index contributed by atoms with van der Waals surface area (Å²) in [6.07, 6.45) is -3.43. The summed E-state index contributed by atoms with van der Waals surface area (Å²) in [7, 11) is 0. The molecule has 6 N–H and O–H groups in total. The second kappa shape index (κ2) is 8.68. The molecule has 1 fully saturated rings. The summed E-state index contributed by atoms with van der Waals surface area (Å²) in [5, 5.41) is 59.6. The molecular formula is C19H30O9. The number of carbonyl (C=O) groups excluding carboxylic acids is 1. The summed E-state index contributed by atoms with van der Waals surface area (Å²) in [6.45, 7) is 3.96. The number of hydrogen-bond acceptors (Lipinski definition) is 9. The number of hydrogen-bond donors (Lipinski definition) is 6. The van der Waals surface area contributed by atoms with Gasteiger partial charge in [0.25, 0.3) is 0 Å². The van der Waals surface area contributed by atoms with Crippen molar-refractivity contribution in [3.8, 4) is 0 Å². The predicted octanol–water partition coefficient (Wildman–Crippen LogP) is -1.60. The van der Waals surface area contributed by atoms with Gasteiger partial charge >= 0.3 is 0 Å². The van der Waals surface area contributed by atoms with Crippen molar-refractivity contribution in [2.75, 3.05) is 13.2 Å². The van der Waals surface area contributed by atoms with Gasteiger partial charge in [-0.1, -0.05) is 19.9 Å². The molecule has 160 valence electrons. The number of aliphatic hydroxyl groups is 6. The molecule has 1 heterocycles. The Kier molecular flexibility index (Phi) is 7.17. The van der Waals surface area contributed by atoms with E-state index >= 15 is 0 Å². The first-order valence-electron chi connectivity index (χ1n) is 9.19. The molecule has 1 saturated heterocycles. The molecule has 2 rings (SSSR count). The van der Waals surface area contributed by atoms with Crippen LogP contribution < -0.4 is 0 Å². The molecule has 28 heavy (non-hydrogen) atoms. The van der Waals surface area contributed by atoms with Crippen LogP contribution in [-0.2, 0) is 14.3 Å². The topological polar surface area (TPSA) is 157 Å². The molecule has 0 spiro atoms. The number of rotatable bonds is 6. The van der Waals surface area contributed by atoms with Crippen molar-refractivity contribution in [2.24, 2.45) is 5.41 Å². The maximum Gasteiger partial charge on any atom is 0.187 e. The van der Waals surface area contributed by atoms with E-state index in [2.05, 4.69) is 0 Å². The molecule has 0 saturated carbocycles. The van der Waals surface area contributed by atoms with Crippen LogP contribution in [0.25, 0.3) is 0 Å². The van der Waals surface area contributed by atoms with Gasteiger partial charge in [0.1, 0.15) is 30.0 Å². The SMILES string of the molecule is C[C@@H](/C=C/[C@@]1(O)C(CO)=CC(=O)CC1(C)C)O[C@@H]1O[C@@H](CO)[C@@H](O)[C@@H](O)[C@H]1O. The molecule has 9 heteroatoms. The molecule has 1 aliphatic heterocycles. The standard InChI is InChI=1S/C19H30O9/c1-10(27-17-16(25)15(24)14(23)13(9-21)28-17)4-5-19(26)11(8-20)6-12(22)7-18(19,2)3/h4-6,10,13-17,20-21,23-26H,7-9H2,1-3H3/b5-4+/t10-,13-,14+,15+,16+,17+,19+/m0/s1. The van der Waals surface area contributed by atoms with E-state index in [1.165, 1.54) is 18.2 Å². The van der Waals surface area contributed by atoms with E-state index in [1.807, 2.05) is 0 Å². The Morgan fingerprint density at radius 2 is 1.89 bits per heavy atom. The lowest BCUT2D eigenvalue weighted by atomic mass is 9.64. The van der Waals surface area contributed by atoms with Gasteiger partial charge in [0.15, 0.2) is 12.1 Å². The molecular weight excluding hydrogens is 372 g/mol. The van der Waals surface area contributed by atoms with E-state index in [1.54, 1.807) is 20.8 Å². The van der Waals surface area contributed by atoms with Gasteiger partial charge in [-0.05, 0) is 24.6 Å². The molecule has 1 aliphatic carbocycles. The molecule has 7 atom stereocenters. The Morgan fingerprint density at radius 1 is 1.25 bits per heavy atom. The van der Waals surface area contributed by atoms with Crippen molar-refractivity contribution >= 4 is 5.78 Å². The molecule has 0 amide bonds. The second-order valence-electron chi connectivity index (χ2n) is 8.02. The van der Waals surface area contributed by atoms with Crippen molar-refractivity contribution in [3.05, 3.63) is 23.8 Å². The van der Waals surface area contributed by atoms with Gasteiger partial charge in [0.05, 0.1) is 19.3 Å². The van der Waals surface area contributed by atoms with E-state index in [0.717, 1.165) is 0 Å². The van der Waals surface area contributed by atoms with Crippen molar-refractivity contribution in [1.82, 2.24) is 0 Å². The van der Waals surface area contributed by atoms with E-state index in [4.69, 9.17) is 9.47 Å². The van der Waals surface area contributed by atoms with Crippen LogP contribution in [0.4, 0.5) is 0 Å². The predicted molar refractivity (Wildman–Crippen MR) is 97.0 cm³/mol. The fourth-order valence-electron chi connectivity index (χ4n) is 3.57. The first kappa shape index (κ1) is 23.1. The smallest absolute Gasteiger partial charge is 0.187 e. The average molecular weight is 402 g/mol. The first-order valence-corrected chi connectivity index (χ1v) is 9.19. The van der Waals surface area contributed by atoms with E-state index in [9.17, 15) is 35.4 Å². The molecule has 0 radical (unpaired) electrons. The van der Waals surface area contributed by atoms with Crippen LogP contribution in [0.2, 0.25) is 0 Å². The molecule has 0 unspecified atom stereocenters. The Labute approximate surface area is 163 Å². The number of ether oxygens (including phenoxy) is 2. The summed E-state index contributed by atoms with van der Waals surface area (Å²) >= 11 is 0. The van der Waals surface area contributed by atoms with Gasteiger partial charge in [0.2, 0.25) is 0 Å². The van der Waals surface area contributed by atoms with Crippen LogP contribution in [0, 0.1) is 5.41 Å². The van der Waals surface area contributed by atoms with Crippen LogP contribution in [-0.4, -0.2) is 92.0 Å². The normalized spacial score (nSPS) is 39.8. The van der Waals surface area contributed by atoms with Gasteiger partial charge in [-0.3, -0.25) is 4.79 Å². The third-order valence-electron chi connectivity index (χ3n) is 5.45. The lowest BCUT2D eigenvalue weighted by Gasteiger charge is -2.44. The molecule has 0 aromatic heterocycles. The Morgan fingerprint density at radius 3 is 2.46 bits per heavy atom. The second-order valence-corrected chi connectivity index (χ2v) is 8.02. The minimum Gasteiger partial charge on any atom is -0.394 e. The maximum absolute atomic E-state index is 11.8. The highest BCUT2D eigenvalue weighted by molar-refractivity contribution is 5.93. The fraction of sp³-hybridized carbons (Fsp3) is 0.737. The average Bonchev–Trinajstić information content (AvgIpc) is 2.63. The Bertz CT molecular complexity index is 627. The van der Waals surface area contributed by atoms with Gasteiger partial charge < -0.3 is 40.1 Å². The molecule has 0 bridgehead atoms. The minimum absolute atomic E-state index is 0.0965. The number of allylic oxidation sites excluding steroid dienone is 1. The Hall–Kier alpha value is -1.17. The van der Waals surface area contributed by atoms with Crippen LogP contribution >= 0.6 is 0 Å². The van der Waals surface area contributed by atoms with Crippen LogP contribution in [0.5, 0.6) is 0 Å². The highest BCUT2D eigenvalue weighted by Gasteiger charge is 2.48. The quantitative estimate of drug-likeness (QED) is 0.288. The summed E-state index contributed by atoms with van der Waals surface area (Å²) in [4.78, 5) is 11.8. The number of ketones is 1. The fourth-order valence-corrected chi connectivity index (χ4v) is 3.57.